The predicted molar refractivity (Wildman–Crippen MR) is 69.4 cm³/mol. The van der Waals surface area contributed by atoms with Crippen LogP contribution in [-0.4, -0.2) is 28.0 Å². The van der Waals surface area contributed by atoms with Gasteiger partial charge in [-0.1, -0.05) is 0 Å². The van der Waals surface area contributed by atoms with E-state index in [-0.39, 0.29) is 23.6 Å². The van der Waals surface area contributed by atoms with E-state index >= 15 is 0 Å². The lowest BCUT2D eigenvalue weighted by Crippen LogP contribution is -2.33. The lowest BCUT2D eigenvalue weighted by Gasteiger charge is -2.11. The lowest BCUT2D eigenvalue weighted by atomic mass is 10.1. The fourth-order valence-electron chi connectivity index (χ4n) is 2.72. The van der Waals surface area contributed by atoms with Gasteiger partial charge in [-0.05, 0) is 39.0 Å². The Hall–Kier alpha value is -1.85. The van der Waals surface area contributed by atoms with Crippen LogP contribution in [0.1, 0.15) is 60.2 Å². The maximum Gasteiger partial charge on any atom is 0.306 e. The highest BCUT2D eigenvalue weighted by molar-refractivity contribution is 5.92. The van der Waals surface area contributed by atoms with Crippen LogP contribution < -0.4 is 5.32 Å². The molecule has 2 atom stereocenters. The summed E-state index contributed by atoms with van der Waals surface area (Å²) >= 11 is 0. The first kappa shape index (κ1) is 13.1. The lowest BCUT2D eigenvalue weighted by molar-refractivity contribution is -0.141. The number of oxazole rings is 1. The number of amides is 1. The Morgan fingerprint density at radius 2 is 2.05 bits per heavy atom. The molecule has 6 heteroatoms. The Balaban J connectivity index is 1.63. The van der Waals surface area contributed by atoms with Crippen LogP contribution in [0.2, 0.25) is 0 Å². The molecule has 20 heavy (non-hydrogen) atoms. The van der Waals surface area contributed by atoms with Gasteiger partial charge in [0.25, 0.3) is 5.91 Å². The van der Waals surface area contributed by atoms with Gasteiger partial charge in [0.15, 0.2) is 5.89 Å². The van der Waals surface area contributed by atoms with Crippen molar-refractivity contribution < 1.29 is 19.1 Å². The monoisotopic (exact) mass is 278 g/mol. The van der Waals surface area contributed by atoms with Gasteiger partial charge < -0.3 is 14.8 Å². The van der Waals surface area contributed by atoms with Crippen LogP contribution in [0.4, 0.5) is 0 Å². The van der Waals surface area contributed by atoms with E-state index in [4.69, 9.17) is 9.52 Å². The SMILES string of the molecule is Cc1nc(C2CC2)oc1C(=O)N[C@H]1CC[C@@H](C(=O)O)C1. The minimum absolute atomic E-state index is 0.0857. The summed E-state index contributed by atoms with van der Waals surface area (Å²) in [6.45, 7) is 1.76. The second-order valence-corrected chi connectivity index (χ2v) is 5.76. The Bertz CT molecular complexity index is 547. The van der Waals surface area contributed by atoms with Crippen LogP contribution in [0.15, 0.2) is 4.42 Å². The maximum absolute atomic E-state index is 12.2. The topological polar surface area (TPSA) is 92.4 Å². The molecule has 6 nitrogen and oxygen atoms in total. The predicted octanol–water partition coefficient (Wildman–Crippen LogP) is 1.84. The van der Waals surface area contributed by atoms with Gasteiger partial charge in [-0.3, -0.25) is 9.59 Å². The molecule has 2 N–H and O–H groups in total. The zero-order valence-electron chi connectivity index (χ0n) is 11.4. The molecule has 1 aromatic heterocycles. The summed E-state index contributed by atoms with van der Waals surface area (Å²) in [5, 5.41) is 11.8. The van der Waals surface area contributed by atoms with Gasteiger partial charge in [-0.25, -0.2) is 4.98 Å². The summed E-state index contributed by atoms with van der Waals surface area (Å²) in [5.41, 5.74) is 0.609. The third-order valence-corrected chi connectivity index (χ3v) is 4.06. The fraction of sp³-hybridized carbons (Fsp3) is 0.643. The number of nitrogens with one attached hydrogen (secondary N) is 1. The largest absolute Gasteiger partial charge is 0.481 e. The van der Waals surface area contributed by atoms with Crippen molar-refractivity contribution >= 4 is 11.9 Å². The van der Waals surface area contributed by atoms with E-state index in [9.17, 15) is 9.59 Å². The van der Waals surface area contributed by atoms with Crippen molar-refractivity contribution in [3.05, 3.63) is 17.3 Å². The molecule has 0 radical (unpaired) electrons. The minimum Gasteiger partial charge on any atom is -0.481 e. The Labute approximate surface area is 116 Å². The van der Waals surface area contributed by atoms with E-state index < -0.39 is 5.97 Å². The number of aromatic nitrogens is 1. The zero-order chi connectivity index (χ0) is 14.3. The molecule has 2 saturated carbocycles. The first-order valence-corrected chi connectivity index (χ1v) is 7.05. The summed E-state index contributed by atoms with van der Waals surface area (Å²) in [6.07, 6.45) is 3.95. The van der Waals surface area contributed by atoms with Crippen molar-refractivity contribution in [3.8, 4) is 0 Å². The summed E-state index contributed by atoms with van der Waals surface area (Å²) in [7, 11) is 0. The van der Waals surface area contributed by atoms with Gasteiger partial charge in [0.2, 0.25) is 5.76 Å². The summed E-state index contributed by atoms with van der Waals surface area (Å²) in [4.78, 5) is 27.4. The molecule has 0 saturated heterocycles. The maximum atomic E-state index is 12.2. The van der Waals surface area contributed by atoms with Crippen molar-refractivity contribution in [3.63, 3.8) is 0 Å². The van der Waals surface area contributed by atoms with Crippen LogP contribution in [0, 0.1) is 12.8 Å². The smallest absolute Gasteiger partial charge is 0.306 e. The molecule has 0 aliphatic heterocycles. The van der Waals surface area contributed by atoms with Gasteiger partial charge in [-0.2, -0.15) is 0 Å². The highest BCUT2D eigenvalue weighted by atomic mass is 16.4. The van der Waals surface area contributed by atoms with Gasteiger partial charge in [-0.15, -0.1) is 0 Å². The molecule has 1 aromatic rings. The van der Waals surface area contributed by atoms with Crippen LogP contribution in [0.25, 0.3) is 0 Å². The van der Waals surface area contributed by atoms with Crippen molar-refractivity contribution in [2.75, 3.05) is 0 Å². The molecule has 2 aliphatic rings. The third kappa shape index (κ3) is 2.55. The second kappa shape index (κ2) is 4.92. The highest BCUT2D eigenvalue weighted by Crippen LogP contribution is 2.40. The van der Waals surface area contributed by atoms with Crippen molar-refractivity contribution in [1.82, 2.24) is 10.3 Å². The third-order valence-electron chi connectivity index (χ3n) is 4.06. The molecule has 108 valence electrons. The van der Waals surface area contributed by atoms with Crippen molar-refractivity contribution in [1.29, 1.82) is 0 Å². The molecule has 1 heterocycles. The zero-order valence-corrected chi connectivity index (χ0v) is 11.4. The van der Waals surface area contributed by atoms with Crippen molar-refractivity contribution in [2.45, 2.75) is 51.0 Å². The highest BCUT2D eigenvalue weighted by Gasteiger charge is 2.33. The first-order chi connectivity index (χ1) is 9.54. The number of carbonyl (C=O) groups excluding carboxylic acids is 1. The number of aryl methyl sites for hydroxylation is 1. The normalized spacial score (nSPS) is 25.6. The van der Waals surface area contributed by atoms with Crippen LogP contribution >= 0.6 is 0 Å². The van der Waals surface area contributed by atoms with Gasteiger partial charge in [0, 0.05) is 12.0 Å². The molecule has 2 fully saturated rings. The molecular weight excluding hydrogens is 260 g/mol. The van der Waals surface area contributed by atoms with E-state index in [0.717, 1.165) is 12.8 Å². The molecule has 2 aliphatic carbocycles. The fourth-order valence-corrected chi connectivity index (χ4v) is 2.72. The number of carboxylic acid groups (broad SMARTS) is 1. The number of hydrogen-bond acceptors (Lipinski definition) is 4. The number of aliphatic carboxylic acids is 1. The average molecular weight is 278 g/mol. The Kier molecular flexibility index (Phi) is 3.23. The van der Waals surface area contributed by atoms with Gasteiger partial charge in [0.1, 0.15) is 0 Å². The minimum atomic E-state index is -0.784. The van der Waals surface area contributed by atoms with E-state index in [1.165, 1.54) is 0 Å². The molecule has 0 bridgehead atoms. The van der Waals surface area contributed by atoms with E-state index in [0.29, 0.717) is 36.8 Å². The average Bonchev–Trinajstić information content (AvgIpc) is 3.01. The molecule has 3 rings (SSSR count). The van der Waals surface area contributed by atoms with Gasteiger partial charge >= 0.3 is 5.97 Å². The van der Waals surface area contributed by atoms with E-state index in [2.05, 4.69) is 10.3 Å². The molecule has 0 spiro atoms. The number of rotatable bonds is 4. The number of carbonyl (C=O) groups is 2. The van der Waals surface area contributed by atoms with Crippen LogP contribution in [0.5, 0.6) is 0 Å². The molecule has 1 amide bonds. The summed E-state index contributed by atoms with van der Waals surface area (Å²) in [5.74, 6) is -0.115. The quantitative estimate of drug-likeness (QED) is 0.876. The standard InChI is InChI=1S/C14H18N2O4/c1-7-11(20-13(15-7)8-2-3-8)12(17)16-10-5-4-9(6-10)14(18)19/h8-10H,2-6H2,1H3,(H,16,17)(H,18,19)/t9-,10+/m1/s1. The van der Waals surface area contributed by atoms with Crippen LogP contribution in [0.3, 0.4) is 0 Å². The number of nitrogens with zero attached hydrogens (tertiary/aromatic N) is 1. The summed E-state index contributed by atoms with van der Waals surface area (Å²) in [6, 6.07) is -0.0857. The number of hydrogen-bond donors (Lipinski definition) is 2. The van der Waals surface area contributed by atoms with E-state index in [1.54, 1.807) is 6.92 Å². The van der Waals surface area contributed by atoms with E-state index in [1.807, 2.05) is 0 Å². The molecule has 0 unspecified atom stereocenters. The molecular formula is C14H18N2O4. The Morgan fingerprint density at radius 3 is 2.65 bits per heavy atom. The Morgan fingerprint density at radius 1 is 1.30 bits per heavy atom. The second-order valence-electron chi connectivity index (χ2n) is 5.76. The first-order valence-electron chi connectivity index (χ1n) is 7.05. The molecule has 0 aromatic carbocycles. The van der Waals surface area contributed by atoms with Crippen molar-refractivity contribution in [2.24, 2.45) is 5.92 Å². The van der Waals surface area contributed by atoms with Gasteiger partial charge in [0.05, 0.1) is 11.6 Å². The van der Waals surface area contributed by atoms with Crippen LogP contribution in [-0.2, 0) is 4.79 Å². The summed E-state index contributed by atoms with van der Waals surface area (Å²) < 4.78 is 5.55. The number of carboxylic acids is 1.